The highest BCUT2D eigenvalue weighted by molar-refractivity contribution is 5.93. The smallest absolute Gasteiger partial charge is 0.271 e. The maximum absolute atomic E-state index is 12.1. The number of carbonyl (C=O) groups excluding carboxylic acids is 1. The van der Waals surface area contributed by atoms with Gasteiger partial charge in [0.1, 0.15) is 5.75 Å². The zero-order chi connectivity index (χ0) is 16.1. The minimum atomic E-state index is -0.155. The Hall–Kier alpha value is -2.34. The first-order valence-electron chi connectivity index (χ1n) is 7.12. The van der Waals surface area contributed by atoms with Gasteiger partial charge in [-0.3, -0.25) is 9.48 Å². The summed E-state index contributed by atoms with van der Waals surface area (Å²) in [5.74, 6) is 0.643. The maximum Gasteiger partial charge on any atom is 0.271 e. The van der Waals surface area contributed by atoms with Crippen LogP contribution in [0.1, 0.15) is 10.5 Å². The van der Waals surface area contributed by atoms with Gasteiger partial charge in [-0.25, -0.2) is 0 Å². The Kier molecular flexibility index (Phi) is 5.16. The third-order valence-electron chi connectivity index (χ3n) is 3.34. The molecule has 0 aliphatic carbocycles. The lowest BCUT2D eigenvalue weighted by Gasteiger charge is -2.09. The Balaban J connectivity index is 2.11. The van der Waals surface area contributed by atoms with Crippen molar-refractivity contribution >= 4 is 5.91 Å². The highest BCUT2D eigenvalue weighted by atomic mass is 16.5. The number of amides is 1. The number of rotatable bonds is 6. The van der Waals surface area contributed by atoms with Gasteiger partial charge in [-0.1, -0.05) is 0 Å². The van der Waals surface area contributed by atoms with Crippen LogP contribution in [0.5, 0.6) is 5.75 Å². The summed E-state index contributed by atoms with van der Waals surface area (Å²) in [5.41, 5.74) is 2.30. The average Bonchev–Trinajstić information content (AvgIpc) is 2.89. The summed E-state index contributed by atoms with van der Waals surface area (Å²) < 4.78 is 6.86. The van der Waals surface area contributed by atoms with Crippen molar-refractivity contribution in [2.45, 2.75) is 0 Å². The standard InChI is InChI=1S/C16H22N4O2/c1-19(2)10-9-17-16(21)14-11-15(20(3)18-14)12-5-7-13(22-4)8-6-12/h5-8,11H,9-10H2,1-4H3,(H,17,21). The second-order valence-electron chi connectivity index (χ2n) is 5.33. The molecule has 6 nitrogen and oxygen atoms in total. The van der Waals surface area contributed by atoms with E-state index in [-0.39, 0.29) is 5.91 Å². The van der Waals surface area contributed by atoms with E-state index in [1.807, 2.05) is 50.3 Å². The van der Waals surface area contributed by atoms with Crippen LogP contribution in [0.15, 0.2) is 30.3 Å². The predicted octanol–water partition coefficient (Wildman–Crippen LogP) is 1.39. The Labute approximate surface area is 130 Å². The van der Waals surface area contributed by atoms with Crippen LogP contribution in [-0.2, 0) is 7.05 Å². The minimum absolute atomic E-state index is 0.155. The molecule has 6 heteroatoms. The van der Waals surface area contributed by atoms with Crippen LogP contribution >= 0.6 is 0 Å². The van der Waals surface area contributed by atoms with Crippen molar-refractivity contribution < 1.29 is 9.53 Å². The van der Waals surface area contributed by atoms with Crippen molar-refractivity contribution in [3.8, 4) is 17.0 Å². The number of nitrogens with one attached hydrogen (secondary N) is 1. The fraction of sp³-hybridized carbons (Fsp3) is 0.375. The second kappa shape index (κ2) is 7.09. The first kappa shape index (κ1) is 16.0. The molecule has 2 aromatic rings. The molecular formula is C16H22N4O2. The molecule has 0 radical (unpaired) electrons. The van der Waals surface area contributed by atoms with E-state index in [4.69, 9.17) is 4.74 Å². The molecule has 0 bridgehead atoms. The van der Waals surface area contributed by atoms with Gasteiger partial charge in [-0.2, -0.15) is 5.10 Å². The number of nitrogens with zero attached hydrogens (tertiary/aromatic N) is 3. The zero-order valence-electron chi connectivity index (χ0n) is 13.5. The summed E-state index contributed by atoms with van der Waals surface area (Å²) in [5, 5.41) is 7.15. The number of ether oxygens (including phenoxy) is 1. The normalized spacial score (nSPS) is 10.8. The molecule has 0 aliphatic heterocycles. The molecular weight excluding hydrogens is 280 g/mol. The number of aromatic nitrogens is 2. The maximum atomic E-state index is 12.1. The van der Waals surface area contributed by atoms with Crippen LogP contribution in [0.3, 0.4) is 0 Å². The number of hydrogen-bond acceptors (Lipinski definition) is 4. The average molecular weight is 302 g/mol. The molecule has 0 fully saturated rings. The number of carbonyl (C=O) groups is 1. The number of methoxy groups -OCH3 is 1. The van der Waals surface area contributed by atoms with Crippen LogP contribution in [0.25, 0.3) is 11.3 Å². The summed E-state index contributed by atoms with van der Waals surface area (Å²) in [7, 11) is 7.40. The molecule has 0 spiro atoms. The molecule has 1 heterocycles. The molecule has 1 aromatic heterocycles. The van der Waals surface area contributed by atoms with Crippen LogP contribution in [-0.4, -0.2) is 54.9 Å². The summed E-state index contributed by atoms with van der Waals surface area (Å²) in [6, 6.07) is 9.47. The van der Waals surface area contributed by atoms with E-state index in [9.17, 15) is 4.79 Å². The van der Waals surface area contributed by atoms with Gasteiger partial charge in [-0.15, -0.1) is 0 Å². The predicted molar refractivity (Wildman–Crippen MR) is 86.1 cm³/mol. The molecule has 0 saturated heterocycles. The van der Waals surface area contributed by atoms with Crippen molar-refractivity contribution in [1.29, 1.82) is 0 Å². The monoisotopic (exact) mass is 302 g/mol. The Morgan fingerprint density at radius 3 is 2.59 bits per heavy atom. The molecule has 0 unspecified atom stereocenters. The van der Waals surface area contributed by atoms with Gasteiger partial charge in [0.25, 0.3) is 5.91 Å². The second-order valence-corrected chi connectivity index (χ2v) is 5.33. The van der Waals surface area contributed by atoms with Crippen LogP contribution in [0, 0.1) is 0 Å². The van der Waals surface area contributed by atoms with Gasteiger partial charge in [0.05, 0.1) is 12.8 Å². The van der Waals surface area contributed by atoms with Crippen molar-refractivity contribution in [3.05, 3.63) is 36.0 Å². The third-order valence-corrected chi connectivity index (χ3v) is 3.34. The van der Waals surface area contributed by atoms with E-state index in [1.54, 1.807) is 17.9 Å². The van der Waals surface area contributed by atoms with Crippen molar-refractivity contribution in [2.24, 2.45) is 7.05 Å². The van der Waals surface area contributed by atoms with Crippen LogP contribution in [0.2, 0.25) is 0 Å². The Morgan fingerprint density at radius 1 is 1.32 bits per heavy atom. The van der Waals surface area contributed by atoms with Gasteiger partial charge < -0.3 is 15.0 Å². The summed E-state index contributed by atoms with van der Waals surface area (Å²) in [4.78, 5) is 14.1. The number of aryl methyl sites for hydroxylation is 1. The number of benzene rings is 1. The fourth-order valence-electron chi connectivity index (χ4n) is 2.09. The first-order valence-corrected chi connectivity index (χ1v) is 7.12. The largest absolute Gasteiger partial charge is 0.497 e. The first-order chi connectivity index (χ1) is 10.5. The Morgan fingerprint density at radius 2 is 2.00 bits per heavy atom. The van der Waals surface area contributed by atoms with E-state index in [1.165, 1.54) is 0 Å². The van der Waals surface area contributed by atoms with Crippen LogP contribution in [0.4, 0.5) is 0 Å². The van der Waals surface area contributed by atoms with E-state index < -0.39 is 0 Å². The van der Waals surface area contributed by atoms with Gasteiger partial charge >= 0.3 is 0 Å². The molecule has 0 atom stereocenters. The molecule has 0 saturated carbocycles. The fourth-order valence-corrected chi connectivity index (χ4v) is 2.09. The highest BCUT2D eigenvalue weighted by Gasteiger charge is 2.13. The van der Waals surface area contributed by atoms with Crippen LogP contribution < -0.4 is 10.1 Å². The lowest BCUT2D eigenvalue weighted by molar-refractivity contribution is 0.0945. The van der Waals surface area contributed by atoms with Crippen molar-refractivity contribution in [1.82, 2.24) is 20.0 Å². The Bertz CT molecular complexity index is 632. The van der Waals surface area contributed by atoms with E-state index in [2.05, 4.69) is 10.4 Å². The highest BCUT2D eigenvalue weighted by Crippen LogP contribution is 2.22. The van der Waals surface area contributed by atoms with Crippen molar-refractivity contribution in [2.75, 3.05) is 34.3 Å². The number of hydrogen-bond donors (Lipinski definition) is 1. The summed E-state index contributed by atoms with van der Waals surface area (Å²) in [6.45, 7) is 1.39. The van der Waals surface area contributed by atoms with Gasteiger partial charge in [-0.05, 0) is 44.4 Å². The molecule has 1 amide bonds. The third kappa shape index (κ3) is 3.85. The van der Waals surface area contributed by atoms with E-state index in [0.29, 0.717) is 12.2 Å². The van der Waals surface area contributed by atoms with E-state index >= 15 is 0 Å². The van der Waals surface area contributed by atoms with Gasteiger partial charge in [0, 0.05) is 25.7 Å². The lowest BCUT2D eigenvalue weighted by Crippen LogP contribution is -2.31. The van der Waals surface area contributed by atoms with Gasteiger partial charge in [0.2, 0.25) is 0 Å². The quantitative estimate of drug-likeness (QED) is 0.876. The molecule has 0 aliphatic rings. The summed E-state index contributed by atoms with van der Waals surface area (Å²) in [6.07, 6.45) is 0. The minimum Gasteiger partial charge on any atom is -0.497 e. The molecule has 1 aromatic carbocycles. The number of likely N-dealkylation sites (N-methyl/N-ethyl adjacent to an activating group) is 1. The molecule has 118 valence electrons. The SMILES string of the molecule is COc1ccc(-c2cc(C(=O)NCCN(C)C)nn2C)cc1. The lowest BCUT2D eigenvalue weighted by atomic mass is 10.1. The van der Waals surface area contributed by atoms with Gasteiger partial charge in [0.15, 0.2) is 5.69 Å². The molecule has 1 N–H and O–H groups in total. The molecule has 2 rings (SSSR count). The topological polar surface area (TPSA) is 59.4 Å². The van der Waals surface area contributed by atoms with Crippen molar-refractivity contribution in [3.63, 3.8) is 0 Å². The summed E-state index contributed by atoms with van der Waals surface area (Å²) >= 11 is 0. The van der Waals surface area contributed by atoms with E-state index in [0.717, 1.165) is 23.6 Å². The zero-order valence-corrected chi connectivity index (χ0v) is 13.5. The molecule has 22 heavy (non-hydrogen) atoms.